The lowest BCUT2D eigenvalue weighted by atomic mass is 10.2. The van der Waals surface area contributed by atoms with Crippen LogP contribution in [0.3, 0.4) is 0 Å². The smallest absolute Gasteiger partial charge is 0.250 e. The maximum Gasteiger partial charge on any atom is 0.250 e. The largest absolute Gasteiger partial charge is 0.372 e. The first-order valence-corrected chi connectivity index (χ1v) is 5.19. The van der Waals surface area contributed by atoms with Crippen LogP contribution in [0.5, 0.6) is 0 Å². The molecule has 4 heteroatoms. The van der Waals surface area contributed by atoms with E-state index in [0.29, 0.717) is 17.9 Å². The number of benzene rings is 1. The zero-order chi connectivity index (χ0) is 11.8. The molecule has 0 aliphatic carbocycles. The van der Waals surface area contributed by atoms with Crippen LogP contribution in [0.25, 0.3) is 0 Å². The van der Waals surface area contributed by atoms with Crippen molar-refractivity contribution in [2.75, 3.05) is 18.5 Å². The van der Waals surface area contributed by atoms with Crippen LogP contribution in [0.4, 0.5) is 5.69 Å². The van der Waals surface area contributed by atoms with Crippen molar-refractivity contribution in [3.63, 3.8) is 0 Å². The predicted molar refractivity (Wildman–Crippen MR) is 61.6 cm³/mol. The maximum atomic E-state index is 11.4. The van der Waals surface area contributed by atoms with Gasteiger partial charge in [-0.3, -0.25) is 9.59 Å². The highest BCUT2D eigenvalue weighted by atomic mass is 16.5. The Labute approximate surface area is 94.6 Å². The van der Waals surface area contributed by atoms with E-state index in [9.17, 15) is 9.59 Å². The average Bonchev–Trinajstić information content (AvgIpc) is 2.29. The van der Waals surface area contributed by atoms with Gasteiger partial charge in [-0.25, -0.2) is 0 Å². The second-order valence-electron chi connectivity index (χ2n) is 3.34. The topological polar surface area (TPSA) is 55.4 Å². The van der Waals surface area contributed by atoms with Gasteiger partial charge in [0.2, 0.25) is 5.91 Å². The van der Waals surface area contributed by atoms with Crippen LogP contribution in [0.15, 0.2) is 24.3 Å². The van der Waals surface area contributed by atoms with Crippen LogP contribution in [0, 0.1) is 0 Å². The molecule has 1 aromatic rings. The van der Waals surface area contributed by atoms with Gasteiger partial charge in [0.05, 0.1) is 0 Å². The second-order valence-corrected chi connectivity index (χ2v) is 3.34. The van der Waals surface area contributed by atoms with E-state index in [1.807, 2.05) is 6.92 Å². The lowest BCUT2D eigenvalue weighted by Gasteiger charge is -2.05. The highest BCUT2D eigenvalue weighted by Crippen LogP contribution is 2.08. The zero-order valence-corrected chi connectivity index (χ0v) is 9.23. The molecule has 0 unspecified atom stereocenters. The first kappa shape index (κ1) is 12.4. The fourth-order valence-electron chi connectivity index (χ4n) is 1.20. The van der Waals surface area contributed by atoms with E-state index in [4.69, 9.17) is 4.74 Å². The third-order valence-electron chi connectivity index (χ3n) is 1.89. The van der Waals surface area contributed by atoms with E-state index in [1.165, 1.54) is 0 Å². The molecule has 1 aromatic carbocycles. The third kappa shape index (κ3) is 4.23. The standard InChI is InChI=1S/C12H15NO3/c1-2-6-16-9-12(15)13-11-5-3-4-10(7-11)8-14/h3-5,7-8H,2,6,9H2,1H3,(H,13,15). The van der Waals surface area contributed by atoms with Crippen molar-refractivity contribution >= 4 is 17.9 Å². The average molecular weight is 221 g/mol. The summed E-state index contributed by atoms with van der Waals surface area (Å²) in [6.45, 7) is 2.59. The van der Waals surface area contributed by atoms with Crippen LogP contribution in [-0.2, 0) is 9.53 Å². The summed E-state index contributed by atoms with van der Waals surface area (Å²) >= 11 is 0. The highest BCUT2D eigenvalue weighted by Gasteiger charge is 2.02. The van der Waals surface area contributed by atoms with Crippen LogP contribution < -0.4 is 5.32 Å². The molecule has 0 aliphatic heterocycles. The summed E-state index contributed by atoms with van der Waals surface area (Å²) in [5, 5.41) is 2.65. The van der Waals surface area contributed by atoms with Gasteiger partial charge in [-0.15, -0.1) is 0 Å². The van der Waals surface area contributed by atoms with Gasteiger partial charge in [0, 0.05) is 17.9 Å². The molecular formula is C12H15NO3. The molecule has 86 valence electrons. The number of hydrogen-bond acceptors (Lipinski definition) is 3. The molecule has 0 heterocycles. The van der Waals surface area contributed by atoms with Crippen molar-refractivity contribution in [2.45, 2.75) is 13.3 Å². The Morgan fingerprint density at radius 2 is 2.31 bits per heavy atom. The molecule has 0 bridgehead atoms. The Bertz CT molecular complexity index is 363. The Morgan fingerprint density at radius 3 is 3.00 bits per heavy atom. The van der Waals surface area contributed by atoms with Gasteiger partial charge >= 0.3 is 0 Å². The Hall–Kier alpha value is -1.68. The summed E-state index contributed by atoms with van der Waals surface area (Å²) in [6.07, 6.45) is 1.62. The lowest BCUT2D eigenvalue weighted by Crippen LogP contribution is -2.18. The molecule has 0 saturated heterocycles. The second kappa shape index (κ2) is 6.74. The number of amides is 1. The van der Waals surface area contributed by atoms with Crippen molar-refractivity contribution in [1.82, 2.24) is 0 Å². The summed E-state index contributed by atoms with van der Waals surface area (Å²) < 4.78 is 5.09. The van der Waals surface area contributed by atoms with Crippen molar-refractivity contribution in [2.24, 2.45) is 0 Å². The van der Waals surface area contributed by atoms with Crippen LogP contribution >= 0.6 is 0 Å². The molecule has 4 nitrogen and oxygen atoms in total. The fourth-order valence-corrected chi connectivity index (χ4v) is 1.20. The highest BCUT2D eigenvalue weighted by molar-refractivity contribution is 5.92. The molecule has 0 fully saturated rings. The van der Waals surface area contributed by atoms with E-state index >= 15 is 0 Å². The summed E-state index contributed by atoms with van der Waals surface area (Å²) in [5.41, 5.74) is 1.14. The molecule has 0 radical (unpaired) electrons. The lowest BCUT2D eigenvalue weighted by molar-refractivity contribution is -0.120. The van der Waals surface area contributed by atoms with Gasteiger partial charge in [-0.1, -0.05) is 19.1 Å². The summed E-state index contributed by atoms with van der Waals surface area (Å²) in [7, 11) is 0. The molecule has 0 aliphatic rings. The first-order valence-electron chi connectivity index (χ1n) is 5.19. The first-order chi connectivity index (χ1) is 7.76. The fraction of sp³-hybridized carbons (Fsp3) is 0.333. The van der Waals surface area contributed by atoms with E-state index in [2.05, 4.69) is 5.32 Å². The Kier molecular flexibility index (Phi) is 5.22. The van der Waals surface area contributed by atoms with Crippen LogP contribution in [0.2, 0.25) is 0 Å². The van der Waals surface area contributed by atoms with Crippen LogP contribution in [-0.4, -0.2) is 25.4 Å². The van der Waals surface area contributed by atoms with Crippen molar-refractivity contribution in [1.29, 1.82) is 0 Å². The molecule has 0 atom stereocenters. The van der Waals surface area contributed by atoms with E-state index in [-0.39, 0.29) is 12.5 Å². The zero-order valence-electron chi connectivity index (χ0n) is 9.23. The summed E-state index contributed by atoms with van der Waals surface area (Å²) in [6, 6.07) is 6.73. The van der Waals surface area contributed by atoms with Crippen molar-refractivity contribution in [3.8, 4) is 0 Å². The number of carbonyl (C=O) groups excluding carboxylic acids is 2. The minimum absolute atomic E-state index is 0.0408. The number of hydrogen-bond donors (Lipinski definition) is 1. The summed E-state index contributed by atoms with van der Waals surface area (Å²) in [5.74, 6) is -0.212. The number of ether oxygens (including phenoxy) is 1. The van der Waals surface area contributed by atoms with E-state index in [1.54, 1.807) is 24.3 Å². The van der Waals surface area contributed by atoms with Gasteiger partial charge < -0.3 is 10.1 Å². The Balaban J connectivity index is 2.46. The number of anilines is 1. The van der Waals surface area contributed by atoms with Gasteiger partial charge in [-0.05, 0) is 18.6 Å². The van der Waals surface area contributed by atoms with Gasteiger partial charge in [0.1, 0.15) is 12.9 Å². The van der Waals surface area contributed by atoms with Gasteiger partial charge in [-0.2, -0.15) is 0 Å². The van der Waals surface area contributed by atoms with E-state index < -0.39 is 0 Å². The molecule has 1 N–H and O–H groups in total. The minimum atomic E-state index is -0.212. The SMILES string of the molecule is CCCOCC(=O)Nc1cccc(C=O)c1. The van der Waals surface area contributed by atoms with Crippen LogP contribution in [0.1, 0.15) is 23.7 Å². The van der Waals surface area contributed by atoms with E-state index in [0.717, 1.165) is 12.7 Å². The molecule has 0 saturated carbocycles. The van der Waals surface area contributed by atoms with Gasteiger partial charge in [0.15, 0.2) is 0 Å². The number of carbonyl (C=O) groups is 2. The normalized spacial score (nSPS) is 9.81. The number of nitrogens with one attached hydrogen (secondary N) is 1. The molecular weight excluding hydrogens is 206 g/mol. The molecule has 0 aromatic heterocycles. The minimum Gasteiger partial charge on any atom is -0.372 e. The maximum absolute atomic E-state index is 11.4. The number of rotatable bonds is 6. The molecule has 1 amide bonds. The summed E-state index contributed by atoms with van der Waals surface area (Å²) in [4.78, 5) is 21.9. The predicted octanol–water partition coefficient (Wildman–Crippen LogP) is 1.86. The third-order valence-corrected chi connectivity index (χ3v) is 1.89. The molecule has 1 rings (SSSR count). The van der Waals surface area contributed by atoms with Gasteiger partial charge in [0.25, 0.3) is 0 Å². The molecule has 0 spiro atoms. The van der Waals surface area contributed by atoms with Crippen molar-refractivity contribution < 1.29 is 14.3 Å². The number of aldehydes is 1. The van der Waals surface area contributed by atoms with Crippen molar-refractivity contribution in [3.05, 3.63) is 29.8 Å². The monoisotopic (exact) mass is 221 g/mol. The Morgan fingerprint density at radius 1 is 1.50 bits per heavy atom. The molecule has 16 heavy (non-hydrogen) atoms. The quantitative estimate of drug-likeness (QED) is 0.589.